The van der Waals surface area contributed by atoms with Crippen molar-refractivity contribution in [1.82, 2.24) is 14.8 Å². The molecule has 0 aliphatic rings. The Bertz CT molecular complexity index is 1180. The van der Waals surface area contributed by atoms with Crippen LogP contribution in [0.3, 0.4) is 0 Å². The second-order valence-electron chi connectivity index (χ2n) is 7.12. The number of anilines is 1. The monoisotopic (exact) mass is 446 g/mol. The predicted molar refractivity (Wildman–Crippen MR) is 126 cm³/mol. The van der Waals surface area contributed by atoms with Crippen LogP contribution in [-0.2, 0) is 11.3 Å². The lowest BCUT2D eigenvalue weighted by atomic mass is 10.2. The van der Waals surface area contributed by atoms with E-state index >= 15 is 0 Å². The highest BCUT2D eigenvalue weighted by molar-refractivity contribution is 7.99. The third kappa shape index (κ3) is 4.89. The van der Waals surface area contributed by atoms with Crippen molar-refractivity contribution in [1.29, 1.82) is 0 Å². The van der Waals surface area contributed by atoms with Crippen LogP contribution in [0.2, 0.25) is 0 Å². The van der Waals surface area contributed by atoms with Gasteiger partial charge in [0.15, 0.2) is 11.0 Å². The Morgan fingerprint density at radius 2 is 1.59 bits per heavy atom. The van der Waals surface area contributed by atoms with Crippen LogP contribution in [0.15, 0.2) is 90.1 Å². The molecule has 32 heavy (non-hydrogen) atoms. The zero-order valence-corrected chi connectivity index (χ0v) is 18.5. The fourth-order valence-corrected chi connectivity index (χ4v) is 4.27. The molecule has 0 unspecified atom stereocenters. The van der Waals surface area contributed by atoms with Gasteiger partial charge in [-0.05, 0) is 36.8 Å². The van der Waals surface area contributed by atoms with Gasteiger partial charge in [0.25, 0.3) is 0 Å². The van der Waals surface area contributed by atoms with Crippen molar-refractivity contribution in [2.75, 3.05) is 17.2 Å². The highest BCUT2D eigenvalue weighted by atomic mass is 32.2. The van der Waals surface area contributed by atoms with Crippen molar-refractivity contribution in [2.45, 2.75) is 18.6 Å². The molecule has 0 radical (unpaired) electrons. The molecule has 0 aliphatic carbocycles. The highest BCUT2D eigenvalue weighted by Gasteiger charge is 2.20. The van der Waals surface area contributed by atoms with Crippen LogP contribution in [0.1, 0.15) is 12.5 Å². The lowest BCUT2D eigenvalue weighted by Crippen LogP contribution is -2.32. The first kappa shape index (κ1) is 21.8. The van der Waals surface area contributed by atoms with E-state index in [1.54, 1.807) is 23.1 Å². The summed E-state index contributed by atoms with van der Waals surface area (Å²) in [6.07, 6.45) is 0. The number of para-hydroxylation sites is 1. The molecule has 162 valence electrons. The second-order valence-corrected chi connectivity index (χ2v) is 8.06. The smallest absolute Gasteiger partial charge is 0.237 e. The molecule has 7 heteroatoms. The maximum absolute atomic E-state index is 14.5. The Balaban J connectivity index is 1.61. The molecule has 4 aromatic rings. The molecule has 0 aliphatic heterocycles. The Hall–Kier alpha value is -3.45. The van der Waals surface area contributed by atoms with Crippen LogP contribution < -0.4 is 4.90 Å². The normalized spacial score (nSPS) is 10.8. The van der Waals surface area contributed by atoms with Gasteiger partial charge in [-0.2, -0.15) is 0 Å². The quantitative estimate of drug-likeness (QED) is 0.346. The van der Waals surface area contributed by atoms with Gasteiger partial charge in [0.2, 0.25) is 5.91 Å². The number of rotatable bonds is 8. The van der Waals surface area contributed by atoms with E-state index in [4.69, 9.17) is 0 Å². The second kappa shape index (κ2) is 10.2. The lowest BCUT2D eigenvalue weighted by Gasteiger charge is -2.20. The van der Waals surface area contributed by atoms with Crippen LogP contribution >= 0.6 is 11.8 Å². The molecule has 0 fully saturated rings. The Morgan fingerprint density at radius 1 is 0.938 bits per heavy atom. The first-order chi connectivity index (χ1) is 15.7. The molecule has 3 aromatic carbocycles. The number of nitrogens with zero attached hydrogens (tertiary/aromatic N) is 4. The van der Waals surface area contributed by atoms with Gasteiger partial charge in [0.05, 0.1) is 17.9 Å². The van der Waals surface area contributed by atoms with Crippen molar-refractivity contribution in [3.8, 4) is 11.4 Å². The zero-order chi connectivity index (χ0) is 22.3. The molecule has 0 bridgehead atoms. The van der Waals surface area contributed by atoms with Crippen molar-refractivity contribution >= 4 is 23.4 Å². The molecular weight excluding hydrogens is 423 g/mol. The van der Waals surface area contributed by atoms with Gasteiger partial charge in [-0.15, -0.1) is 10.2 Å². The third-order valence-electron chi connectivity index (χ3n) is 5.03. The van der Waals surface area contributed by atoms with Gasteiger partial charge in [-0.3, -0.25) is 9.36 Å². The number of carbonyl (C=O) groups excluding carboxylic acids is 1. The third-order valence-corrected chi connectivity index (χ3v) is 5.98. The maximum atomic E-state index is 14.5. The van der Waals surface area contributed by atoms with Crippen LogP contribution in [0.4, 0.5) is 10.1 Å². The average molecular weight is 447 g/mol. The number of carbonyl (C=O) groups is 1. The number of hydrogen-bond donors (Lipinski definition) is 0. The summed E-state index contributed by atoms with van der Waals surface area (Å²) in [5, 5.41) is 9.14. The van der Waals surface area contributed by atoms with Gasteiger partial charge >= 0.3 is 0 Å². The average Bonchev–Trinajstić information content (AvgIpc) is 3.22. The minimum Gasteiger partial charge on any atom is -0.312 e. The van der Waals surface area contributed by atoms with E-state index < -0.39 is 0 Å². The Morgan fingerprint density at radius 3 is 2.28 bits per heavy atom. The number of thioether (sulfide) groups is 1. The molecule has 5 nitrogen and oxygen atoms in total. The van der Waals surface area contributed by atoms with Gasteiger partial charge in [-0.25, -0.2) is 4.39 Å². The first-order valence-electron chi connectivity index (χ1n) is 10.4. The fraction of sp³-hybridized carbons (Fsp3) is 0.160. The Kier molecular flexibility index (Phi) is 6.97. The van der Waals surface area contributed by atoms with Crippen LogP contribution in [-0.4, -0.2) is 33.0 Å². The van der Waals surface area contributed by atoms with Crippen LogP contribution in [0.25, 0.3) is 11.4 Å². The van der Waals surface area contributed by atoms with Gasteiger partial charge in [0.1, 0.15) is 5.82 Å². The molecular formula is C25H23FN4OS. The summed E-state index contributed by atoms with van der Waals surface area (Å²) >= 11 is 1.31. The summed E-state index contributed by atoms with van der Waals surface area (Å²) in [4.78, 5) is 14.7. The first-order valence-corrected chi connectivity index (χ1v) is 11.4. The van der Waals surface area contributed by atoms with E-state index in [-0.39, 0.29) is 17.5 Å². The molecule has 4 rings (SSSR count). The van der Waals surface area contributed by atoms with E-state index in [9.17, 15) is 9.18 Å². The largest absolute Gasteiger partial charge is 0.312 e. The van der Waals surface area contributed by atoms with Crippen molar-refractivity contribution < 1.29 is 9.18 Å². The van der Waals surface area contributed by atoms with E-state index in [1.807, 2.05) is 72.2 Å². The van der Waals surface area contributed by atoms with E-state index in [1.165, 1.54) is 17.8 Å². The minimum absolute atomic E-state index is 0.0228. The lowest BCUT2D eigenvalue weighted by molar-refractivity contribution is -0.116. The number of benzene rings is 3. The van der Waals surface area contributed by atoms with E-state index in [2.05, 4.69) is 10.2 Å². The molecule has 0 N–H and O–H groups in total. The number of aromatic nitrogens is 3. The predicted octanol–water partition coefficient (Wildman–Crippen LogP) is 5.28. The zero-order valence-electron chi connectivity index (χ0n) is 17.7. The van der Waals surface area contributed by atoms with Gasteiger partial charge < -0.3 is 4.90 Å². The standard InChI is InChI=1S/C25H23FN4OS/c1-2-29(20-13-7-4-8-14-20)23(31)18-32-25-28-27-24(21-15-9-10-16-22(21)26)30(25)17-19-11-5-3-6-12-19/h3-16H,2,17-18H2,1H3. The van der Waals surface area contributed by atoms with Gasteiger partial charge in [0, 0.05) is 12.2 Å². The van der Waals surface area contributed by atoms with Crippen molar-refractivity contribution in [3.05, 3.63) is 96.3 Å². The summed E-state index contributed by atoms with van der Waals surface area (Å²) in [7, 11) is 0. The van der Waals surface area contributed by atoms with Crippen LogP contribution in [0, 0.1) is 5.82 Å². The highest BCUT2D eigenvalue weighted by Crippen LogP contribution is 2.27. The van der Waals surface area contributed by atoms with Crippen molar-refractivity contribution in [3.63, 3.8) is 0 Å². The number of hydrogen-bond acceptors (Lipinski definition) is 4. The maximum Gasteiger partial charge on any atom is 0.237 e. The number of halogens is 1. The van der Waals surface area contributed by atoms with Crippen molar-refractivity contribution in [2.24, 2.45) is 0 Å². The van der Waals surface area contributed by atoms with Gasteiger partial charge in [-0.1, -0.05) is 72.4 Å². The summed E-state index contributed by atoms with van der Waals surface area (Å²) in [6.45, 7) is 2.99. The topological polar surface area (TPSA) is 51.0 Å². The molecule has 1 heterocycles. The molecule has 0 saturated heterocycles. The molecule has 1 aromatic heterocycles. The van der Waals surface area contributed by atoms with E-state index in [0.717, 1.165) is 11.3 Å². The molecule has 0 atom stereocenters. The van der Waals surface area contributed by atoms with Crippen LogP contribution in [0.5, 0.6) is 0 Å². The SMILES string of the molecule is CCN(C(=O)CSc1nnc(-c2ccccc2F)n1Cc1ccccc1)c1ccccc1. The molecule has 0 spiro atoms. The molecule has 0 saturated carbocycles. The summed E-state index contributed by atoms with van der Waals surface area (Å²) in [5.41, 5.74) is 2.28. The number of amides is 1. The fourth-order valence-electron chi connectivity index (χ4n) is 3.46. The minimum atomic E-state index is -0.358. The van der Waals surface area contributed by atoms with E-state index in [0.29, 0.717) is 29.6 Å². The molecule has 1 amide bonds. The Labute approximate surface area is 190 Å². The summed E-state index contributed by atoms with van der Waals surface area (Å²) in [5.74, 6) is 0.262. The summed E-state index contributed by atoms with van der Waals surface area (Å²) < 4.78 is 16.4. The summed E-state index contributed by atoms with van der Waals surface area (Å²) in [6, 6.07) is 26.0.